The van der Waals surface area contributed by atoms with Gasteiger partial charge in [-0.25, -0.2) is 0 Å². The van der Waals surface area contributed by atoms with E-state index in [2.05, 4.69) is 10.2 Å². The molecule has 158 valence electrons. The van der Waals surface area contributed by atoms with E-state index in [1.165, 1.54) is 0 Å². The van der Waals surface area contributed by atoms with Gasteiger partial charge in [0.15, 0.2) is 5.60 Å². The summed E-state index contributed by atoms with van der Waals surface area (Å²) in [6, 6.07) is 10.1. The SMILES string of the molecule is C[C@@](O)(C(=O)N1CCC(N2CCC(C(=O)NC3CC3)CC2)CC1)c1ccccc1. The number of likely N-dealkylation sites (tertiary alicyclic amines) is 2. The monoisotopic (exact) mass is 399 g/mol. The highest BCUT2D eigenvalue weighted by Gasteiger charge is 2.39. The number of hydrogen-bond acceptors (Lipinski definition) is 4. The van der Waals surface area contributed by atoms with Crippen LogP contribution in [0.1, 0.15) is 51.0 Å². The van der Waals surface area contributed by atoms with E-state index in [1.807, 2.05) is 18.2 Å². The van der Waals surface area contributed by atoms with Crippen molar-refractivity contribution in [1.29, 1.82) is 0 Å². The smallest absolute Gasteiger partial charge is 0.258 e. The highest BCUT2D eigenvalue weighted by molar-refractivity contribution is 5.86. The second-order valence-electron chi connectivity index (χ2n) is 9.05. The Balaban J connectivity index is 1.25. The molecule has 0 radical (unpaired) electrons. The van der Waals surface area contributed by atoms with E-state index in [0.29, 0.717) is 30.7 Å². The first kappa shape index (κ1) is 20.4. The Hall–Kier alpha value is -1.92. The Bertz CT molecular complexity index is 716. The van der Waals surface area contributed by atoms with E-state index in [0.717, 1.165) is 51.6 Å². The van der Waals surface area contributed by atoms with Crippen molar-refractivity contribution in [2.24, 2.45) is 5.92 Å². The molecule has 2 heterocycles. The third-order valence-electron chi connectivity index (χ3n) is 6.84. The van der Waals surface area contributed by atoms with Gasteiger partial charge in [-0.15, -0.1) is 0 Å². The molecule has 1 atom stereocenters. The number of rotatable bonds is 5. The van der Waals surface area contributed by atoms with Crippen LogP contribution >= 0.6 is 0 Å². The summed E-state index contributed by atoms with van der Waals surface area (Å²) < 4.78 is 0. The number of aliphatic hydroxyl groups is 1. The van der Waals surface area contributed by atoms with Gasteiger partial charge in [-0.1, -0.05) is 30.3 Å². The number of hydrogen-bond donors (Lipinski definition) is 2. The van der Waals surface area contributed by atoms with Crippen molar-refractivity contribution < 1.29 is 14.7 Å². The van der Waals surface area contributed by atoms with Crippen LogP contribution in [0.2, 0.25) is 0 Å². The van der Waals surface area contributed by atoms with Gasteiger partial charge >= 0.3 is 0 Å². The van der Waals surface area contributed by atoms with E-state index in [-0.39, 0.29) is 17.7 Å². The lowest BCUT2D eigenvalue weighted by atomic mass is 9.91. The summed E-state index contributed by atoms with van der Waals surface area (Å²) in [6.45, 7) is 4.86. The van der Waals surface area contributed by atoms with E-state index in [1.54, 1.807) is 24.0 Å². The molecule has 0 unspecified atom stereocenters. The fourth-order valence-electron chi connectivity index (χ4n) is 4.70. The molecule has 2 aliphatic heterocycles. The standard InChI is InChI=1S/C23H33N3O3/c1-23(29,18-5-3-2-4-6-18)22(28)26-15-11-20(12-16-26)25-13-9-17(10-14-25)21(27)24-19-7-8-19/h2-6,17,19-20,29H,7-16H2,1H3,(H,24,27)/t23-/m0/s1. The molecular weight excluding hydrogens is 366 g/mol. The number of piperidine rings is 2. The first-order valence-electron chi connectivity index (χ1n) is 11.1. The molecule has 1 aromatic carbocycles. The zero-order valence-corrected chi connectivity index (χ0v) is 17.3. The van der Waals surface area contributed by atoms with Crippen molar-refractivity contribution in [1.82, 2.24) is 15.1 Å². The first-order valence-corrected chi connectivity index (χ1v) is 11.1. The summed E-state index contributed by atoms with van der Waals surface area (Å²) in [6.07, 6.45) is 5.99. The van der Waals surface area contributed by atoms with Gasteiger partial charge in [0.1, 0.15) is 0 Å². The van der Waals surface area contributed by atoms with Crippen LogP contribution in [0, 0.1) is 5.92 Å². The molecule has 0 spiro atoms. The van der Waals surface area contributed by atoms with Crippen LogP contribution in [0.15, 0.2) is 30.3 Å². The zero-order valence-electron chi connectivity index (χ0n) is 17.3. The van der Waals surface area contributed by atoms with Gasteiger partial charge in [0.25, 0.3) is 5.91 Å². The van der Waals surface area contributed by atoms with Gasteiger partial charge in [0.2, 0.25) is 5.91 Å². The number of nitrogens with one attached hydrogen (secondary N) is 1. The van der Waals surface area contributed by atoms with Gasteiger partial charge in [-0.2, -0.15) is 0 Å². The zero-order chi connectivity index (χ0) is 20.4. The van der Waals surface area contributed by atoms with Crippen LogP contribution in [-0.4, -0.2) is 65.0 Å². The second kappa shape index (κ2) is 8.44. The molecule has 1 aromatic rings. The number of nitrogens with zero attached hydrogens (tertiary/aromatic N) is 2. The molecule has 1 aliphatic carbocycles. The number of benzene rings is 1. The first-order chi connectivity index (χ1) is 13.9. The van der Waals surface area contributed by atoms with Gasteiger partial charge in [0, 0.05) is 31.1 Å². The van der Waals surface area contributed by atoms with E-state index < -0.39 is 5.60 Å². The Labute approximate surface area is 173 Å². The Morgan fingerprint density at radius 1 is 0.966 bits per heavy atom. The summed E-state index contributed by atoms with van der Waals surface area (Å²) in [4.78, 5) is 29.5. The molecule has 2 N–H and O–H groups in total. The average Bonchev–Trinajstić information content (AvgIpc) is 3.58. The summed E-state index contributed by atoms with van der Waals surface area (Å²) in [5.74, 6) is 0.197. The maximum atomic E-state index is 12.9. The van der Waals surface area contributed by atoms with Crippen molar-refractivity contribution >= 4 is 11.8 Å². The van der Waals surface area contributed by atoms with Crippen molar-refractivity contribution in [2.45, 2.75) is 63.1 Å². The summed E-state index contributed by atoms with van der Waals surface area (Å²) in [5.41, 5.74) is -0.847. The summed E-state index contributed by atoms with van der Waals surface area (Å²) >= 11 is 0. The number of carbonyl (C=O) groups excluding carboxylic acids is 2. The lowest BCUT2D eigenvalue weighted by Crippen LogP contribution is -2.53. The molecule has 6 heteroatoms. The van der Waals surface area contributed by atoms with Crippen molar-refractivity contribution in [2.75, 3.05) is 26.2 Å². The van der Waals surface area contributed by atoms with Gasteiger partial charge in [0.05, 0.1) is 0 Å². The molecule has 6 nitrogen and oxygen atoms in total. The van der Waals surface area contributed by atoms with Gasteiger partial charge in [-0.3, -0.25) is 9.59 Å². The Morgan fingerprint density at radius 3 is 2.17 bits per heavy atom. The lowest BCUT2D eigenvalue weighted by Gasteiger charge is -2.42. The average molecular weight is 400 g/mol. The van der Waals surface area contributed by atoms with Gasteiger partial charge < -0.3 is 20.2 Å². The molecule has 29 heavy (non-hydrogen) atoms. The van der Waals surface area contributed by atoms with Gasteiger partial charge in [-0.05, 0) is 64.1 Å². The molecule has 3 aliphatic rings. The number of carbonyl (C=O) groups is 2. The van der Waals surface area contributed by atoms with Crippen LogP contribution in [0.25, 0.3) is 0 Å². The van der Waals surface area contributed by atoms with Crippen LogP contribution in [0.3, 0.4) is 0 Å². The normalized spacial score (nSPS) is 24.1. The largest absolute Gasteiger partial charge is 0.376 e. The van der Waals surface area contributed by atoms with Crippen LogP contribution < -0.4 is 5.32 Å². The van der Waals surface area contributed by atoms with Crippen LogP contribution in [-0.2, 0) is 15.2 Å². The molecule has 0 aromatic heterocycles. The molecule has 2 saturated heterocycles. The van der Waals surface area contributed by atoms with Crippen molar-refractivity contribution in [3.8, 4) is 0 Å². The van der Waals surface area contributed by atoms with Crippen LogP contribution in [0.4, 0.5) is 0 Å². The Morgan fingerprint density at radius 2 is 1.59 bits per heavy atom. The molecule has 2 amide bonds. The molecule has 4 rings (SSSR count). The van der Waals surface area contributed by atoms with Crippen molar-refractivity contribution in [3.05, 3.63) is 35.9 Å². The van der Waals surface area contributed by atoms with Crippen LogP contribution in [0.5, 0.6) is 0 Å². The minimum atomic E-state index is -1.48. The Kier molecular flexibility index (Phi) is 5.93. The third kappa shape index (κ3) is 4.64. The summed E-state index contributed by atoms with van der Waals surface area (Å²) in [5, 5.41) is 14.0. The molecule has 0 bridgehead atoms. The maximum Gasteiger partial charge on any atom is 0.258 e. The fraction of sp³-hybridized carbons (Fsp3) is 0.652. The number of amides is 2. The minimum absolute atomic E-state index is 0.162. The third-order valence-corrected chi connectivity index (χ3v) is 6.84. The minimum Gasteiger partial charge on any atom is -0.376 e. The summed E-state index contributed by atoms with van der Waals surface area (Å²) in [7, 11) is 0. The lowest BCUT2D eigenvalue weighted by molar-refractivity contribution is -0.152. The van der Waals surface area contributed by atoms with E-state index in [4.69, 9.17) is 0 Å². The maximum absolute atomic E-state index is 12.9. The molecule has 3 fully saturated rings. The molecular formula is C23H33N3O3. The predicted octanol–water partition coefficient (Wildman–Crippen LogP) is 1.88. The van der Waals surface area contributed by atoms with Crippen molar-refractivity contribution in [3.63, 3.8) is 0 Å². The van der Waals surface area contributed by atoms with E-state index >= 15 is 0 Å². The highest BCUT2D eigenvalue weighted by atomic mass is 16.3. The van der Waals surface area contributed by atoms with E-state index in [9.17, 15) is 14.7 Å². The highest BCUT2D eigenvalue weighted by Crippen LogP contribution is 2.28. The molecule has 1 saturated carbocycles. The topological polar surface area (TPSA) is 72.9 Å². The predicted molar refractivity (Wildman–Crippen MR) is 111 cm³/mol. The quantitative estimate of drug-likeness (QED) is 0.793. The fourth-order valence-corrected chi connectivity index (χ4v) is 4.70. The second-order valence-corrected chi connectivity index (χ2v) is 9.05.